The van der Waals surface area contributed by atoms with E-state index in [-0.39, 0.29) is 22.7 Å². The smallest absolute Gasteiger partial charge is 0.257 e. The van der Waals surface area contributed by atoms with Gasteiger partial charge in [-0.25, -0.2) is 0 Å². The number of nitrogen functional groups attached to an aromatic ring is 1. The van der Waals surface area contributed by atoms with Crippen molar-refractivity contribution in [2.45, 2.75) is 0 Å². The molecule has 0 aliphatic rings. The molecule has 5 nitrogen and oxygen atoms in total. The summed E-state index contributed by atoms with van der Waals surface area (Å²) < 4.78 is 5.01. The number of carbonyl (C=O) groups excluding carboxylic acids is 1. The lowest BCUT2D eigenvalue weighted by Gasteiger charge is -2.10. The summed E-state index contributed by atoms with van der Waals surface area (Å²) in [5.41, 5.74) is 6.57. The molecule has 0 aliphatic carbocycles. The second-order valence-corrected chi connectivity index (χ2v) is 4.51. The maximum absolute atomic E-state index is 12.1. The number of carbonyl (C=O) groups is 1. The first-order valence-electron chi connectivity index (χ1n) is 5.74. The fraction of sp³-hybridized carbons (Fsp3) is 0.0714. The SMILES string of the molecule is COc1ccc(C(=O)Nc2cc(Cl)ccc2O)c(N)c1. The first-order valence-corrected chi connectivity index (χ1v) is 6.12. The van der Waals surface area contributed by atoms with E-state index in [1.165, 1.54) is 25.3 Å². The molecule has 0 radical (unpaired) electrons. The van der Waals surface area contributed by atoms with Crippen LogP contribution in [0.15, 0.2) is 36.4 Å². The van der Waals surface area contributed by atoms with Crippen molar-refractivity contribution in [3.63, 3.8) is 0 Å². The van der Waals surface area contributed by atoms with Crippen LogP contribution in [0.25, 0.3) is 0 Å². The van der Waals surface area contributed by atoms with Gasteiger partial charge >= 0.3 is 0 Å². The maximum atomic E-state index is 12.1. The summed E-state index contributed by atoms with van der Waals surface area (Å²) in [5.74, 6) is 0.0437. The van der Waals surface area contributed by atoms with E-state index in [2.05, 4.69) is 5.32 Å². The van der Waals surface area contributed by atoms with Gasteiger partial charge < -0.3 is 20.9 Å². The summed E-state index contributed by atoms with van der Waals surface area (Å²) in [6, 6.07) is 9.10. The Morgan fingerprint density at radius 3 is 2.70 bits per heavy atom. The fourth-order valence-electron chi connectivity index (χ4n) is 1.67. The van der Waals surface area contributed by atoms with Gasteiger partial charge in [0.2, 0.25) is 0 Å². The Hall–Kier alpha value is -2.40. The molecule has 0 aromatic heterocycles. The Balaban J connectivity index is 2.26. The number of nitrogens with two attached hydrogens (primary N) is 1. The van der Waals surface area contributed by atoms with Crippen LogP contribution in [0, 0.1) is 0 Å². The molecule has 104 valence electrons. The summed E-state index contributed by atoms with van der Waals surface area (Å²) in [7, 11) is 1.51. The van der Waals surface area contributed by atoms with Gasteiger partial charge in [0.05, 0.1) is 18.4 Å². The molecule has 0 aliphatic heterocycles. The number of phenolic OH excluding ortho intramolecular Hbond substituents is 1. The van der Waals surface area contributed by atoms with E-state index in [1.54, 1.807) is 18.2 Å². The molecule has 6 heteroatoms. The number of rotatable bonds is 3. The third kappa shape index (κ3) is 2.95. The van der Waals surface area contributed by atoms with E-state index in [1.807, 2.05) is 0 Å². The minimum absolute atomic E-state index is 0.0742. The van der Waals surface area contributed by atoms with Gasteiger partial charge in [0.1, 0.15) is 11.5 Å². The lowest BCUT2D eigenvalue weighted by molar-refractivity contribution is 0.102. The summed E-state index contributed by atoms with van der Waals surface area (Å²) in [5, 5.41) is 12.6. The molecule has 0 unspecified atom stereocenters. The molecule has 0 spiro atoms. The van der Waals surface area contributed by atoms with Crippen LogP contribution in [0.5, 0.6) is 11.5 Å². The molecule has 4 N–H and O–H groups in total. The lowest BCUT2D eigenvalue weighted by Crippen LogP contribution is -2.14. The van der Waals surface area contributed by atoms with Crippen molar-refractivity contribution in [1.29, 1.82) is 0 Å². The molecule has 1 amide bonds. The number of methoxy groups -OCH3 is 1. The van der Waals surface area contributed by atoms with E-state index >= 15 is 0 Å². The second-order valence-electron chi connectivity index (χ2n) is 4.07. The molecule has 2 rings (SSSR count). The molecule has 0 saturated carbocycles. The Bertz CT molecular complexity index is 659. The number of halogens is 1. The first kappa shape index (κ1) is 14.0. The van der Waals surface area contributed by atoms with Gasteiger partial charge in [-0.3, -0.25) is 4.79 Å². The number of hydrogen-bond donors (Lipinski definition) is 3. The number of ether oxygens (including phenoxy) is 1. The van der Waals surface area contributed by atoms with Gasteiger partial charge in [0.25, 0.3) is 5.91 Å². The number of amides is 1. The second kappa shape index (κ2) is 5.71. The number of phenols is 1. The number of anilines is 2. The van der Waals surface area contributed by atoms with Gasteiger partial charge in [0.15, 0.2) is 0 Å². The highest BCUT2D eigenvalue weighted by Gasteiger charge is 2.13. The van der Waals surface area contributed by atoms with Crippen LogP contribution >= 0.6 is 11.6 Å². The monoisotopic (exact) mass is 292 g/mol. The van der Waals surface area contributed by atoms with Crippen LogP contribution in [-0.2, 0) is 0 Å². The van der Waals surface area contributed by atoms with E-state index in [4.69, 9.17) is 22.1 Å². The molecule has 2 aromatic carbocycles. The predicted molar refractivity (Wildman–Crippen MR) is 78.5 cm³/mol. The van der Waals surface area contributed by atoms with Crippen LogP contribution in [-0.4, -0.2) is 18.1 Å². The largest absolute Gasteiger partial charge is 0.506 e. The molecule has 20 heavy (non-hydrogen) atoms. The number of nitrogens with one attached hydrogen (secondary N) is 1. The number of hydrogen-bond acceptors (Lipinski definition) is 4. The minimum atomic E-state index is -0.442. The molecule has 0 heterocycles. The third-order valence-corrected chi connectivity index (χ3v) is 2.95. The molecular weight excluding hydrogens is 280 g/mol. The zero-order valence-corrected chi connectivity index (χ0v) is 11.4. The molecular formula is C14H13ClN2O3. The van der Waals surface area contributed by atoms with Gasteiger partial charge in [-0.05, 0) is 30.3 Å². The Kier molecular flexibility index (Phi) is 4.00. The summed E-state index contributed by atoms with van der Waals surface area (Å²) in [6.45, 7) is 0. The molecule has 0 atom stereocenters. The molecule has 0 bridgehead atoms. The van der Waals surface area contributed by atoms with Gasteiger partial charge in [-0.2, -0.15) is 0 Å². The van der Waals surface area contributed by atoms with Gasteiger partial charge in [0, 0.05) is 16.8 Å². The minimum Gasteiger partial charge on any atom is -0.506 e. The highest BCUT2D eigenvalue weighted by molar-refractivity contribution is 6.31. The van der Waals surface area contributed by atoms with Crippen molar-refractivity contribution < 1.29 is 14.6 Å². The number of aromatic hydroxyl groups is 1. The van der Waals surface area contributed by atoms with E-state index in [0.717, 1.165) is 0 Å². The topological polar surface area (TPSA) is 84.6 Å². The first-order chi connectivity index (χ1) is 9.51. The van der Waals surface area contributed by atoms with Gasteiger partial charge in [-0.15, -0.1) is 0 Å². The standard InChI is InChI=1S/C14H13ClN2O3/c1-20-9-3-4-10(11(16)7-9)14(19)17-12-6-8(15)2-5-13(12)18/h2-7,18H,16H2,1H3,(H,17,19). The van der Waals surface area contributed by atoms with Crippen molar-refractivity contribution in [1.82, 2.24) is 0 Å². The summed E-state index contributed by atoms with van der Waals surface area (Å²) in [6.07, 6.45) is 0. The zero-order valence-electron chi connectivity index (χ0n) is 10.7. The van der Waals surface area contributed by atoms with E-state index in [0.29, 0.717) is 10.8 Å². The Morgan fingerprint density at radius 2 is 2.05 bits per heavy atom. The Labute approximate surface area is 120 Å². The number of benzene rings is 2. The predicted octanol–water partition coefficient (Wildman–Crippen LogP) is 2.89. The summed E-state index contributed by atoms with van der Waals surface area (Å²) >= 11 is 5.81. The lowest BCUT2D eigenvalue weighted by atomic mass is 10.1. The fourth-order valence-corrected chi connectivity index (χ4v) is 1.84. The van der Waals surface area contributed by atoms with Crippen molar-refractivity contribution in [2.75, 3.05) is 18.2 Å². The average Bonchev–Trinajstić information content (AvgIpc) is 2.42. The van der Waals surface area contributed by atoms with Crippen molar-refractivity contribution >= 4 is 28.9 Å². The third-order valence-electron chi connectivity index (χ3n) is 2.71. The van der Waals surface area contributed by atoms with Gasteiger partial charge in [-0.1, -0.05) is 11.6 Å². The van der Waals surface area contributed by atoms with Crippen LogP contribution in [0.1, 0.15) is 10.4 Å². The van der Waals surface area contributed by atoms with Crippen LogP contribution in [0.4, 0.5) is 11.4 Å². The quantitative estimate of drug-likeness (QED) is 0.600. The van der Waals surface area contributed by atoms with E-state index < -0.39 is 5.91 Å². The molecule has 0 fully saturated rings. The molecule has 2 aromatic rings. The maximum Gasteiger partial charge on any atom is 0.257 e. The Morgan fingerprint density at radius 1 is 1.30 bits per heavy atom. The van der Waals surface area contributed by atoms with Crippen LogP contribution < -0.4 is 15.8 Å². The summed E-state index contributed by atoms with van der Waals surface area (Å²) in [4.78, 5) is 12.1. The van der Waals surface area contributed by atoms with Crippen LogP contribution in [0.3, 0.4) is 0 Å². The average molecular weight is 293 g/mol. The van der Waals surface area contributed by atoms with Crippen molar-refractivity contribution in [3.8, 4) is 11.5 Å². The molecule has 0 saturated heterocycles. The normalized spacial score (nSPS) is 10.1. The highest BCUT2D eigenvalue weighted by atomic mass is 35.5. The van der Waals surface area contributed by atoms with Crippen molar-refractivity contribution in [3.05, 3.63) is 47.0 Å². The van der Waals surface area contributed by atoms with E-state index in [9.17, 15) is 9.90 Å². The highest BCUT2D eigenvalue weighted by Crippen LogP contribution is 2.28. The van der Waals surface area contributed by atoms with Crippen molar-refractivity contribution in [2.24, 2.45) is 0 Å². The zero-order chi connectivity index (χ0) is 14.7. The van der Waals surface area contributed by atoms with Crippen LogP contribution in [0.2, 0.25) is 5.02 Å².